The first-order chi connectivity index (χ1) is 19.9. The van der Waals surface area contributed by atoms with Gasteiger partial charge in [-0.3, -0.25) is 38.8 Å². The van der Waals surface area contributed by atoms with Crippen molar-refractivity contribution in [3.05, 3.63) is 82.9 Å². The third-order valence-corrected chi connectivity index (χ3v) is 8.80. The maximum Gasteiger partial charge on any atom is 0.265 e. The second kappa shape index (κ2) is 9.93. The quantitative estimate of drug-likeness (QED) is 0.149. The summed E-state index contributed by atoms with van der Waals surface area (Å²) in [5.74, 6) is -1.71. The van der Waals surface area contributed by atoms with E-state index in [-0.39, 0.29) is 21.4 Å². The number of carbonyl (C=O) groups is 4. The Morgan fingerprint density at radius 1 is 0.452 bits per heavy atom. The number of hydrogen-bond acceptors (Lipinski definition) is 6. The molecule has 4 amide bonds. The number of nitrogens with zero attached hydrogens (tertiary/aromatic N) is 4. The first-order valence-electron chi connectivity index (χ1n) is 13.0. The van der Waals surface area contributed by atoms with Gasteiger partial charge in [-0.1, -0.05) is 24.3 Å². The third kappa shape index (κ3) is 4.36. The Morgan fingerprint density at radius 2 is 0.738 bits per heavy atom. The van der Waals surface area contributed by atoms with Gasteiger partial charge in [-0.05, 0) is 116 Å². The summed E-state index contributed by atoms with van der Waals surface area (Å²) in [7, 11) is 6.22. The van der Waals surface area contributed by atoms with Crippen LogP contribution in [0, 0.1) is 0 Å². The molecule has 2 aliphatic rings. The highest BCUT2D eigenvalue weighted by Crippen LogP contribution is 2.30. The van der Waals surface area contributed by atoms with E-state index in [1.807, 2.05) is 36.4 Å². The average molecular weight is 593 g/mol. The number of fused-ring (bicyclic) bond motifs is 3. The topological polar surface area (TPSA) is 81.2 Å². The summed E-state index contributed by atoms with van der Waals surface area (Å²) in [6.45, 7) is 0. The van der Waals surface area contributed by atoms with Crippen molar-refractivity contribution in [3.63, 3.8) is 0 Å². The highest BCUT2D eigenvalue weighted by atomic mass is 32.1. The van der Waals surface area contributed by atoms with Crippen LogP contribution in [0.25, 0.3) is 44.5 Å². The zero-order valence-corrected chi connectivity index (χ0v) is 24.8. The zero-order chi connectivity index (χ0) is 30.0. The number of carbonyl (C=O) groups excluding carboxylic acids is 4. The molecule has 4 aromatic rings. The van der Waals surface area contributed by atoms with Gasteiger partial charge in [0.2, 0.25) is 0 Å². The number of benzene rings is 4. The fourth-order valence-corrected chi connectivity index (χ4v) is 5.58. The van der Waals surface area contributed by atoms with Crippen molar-refractivity contribution in [2.24, 2.45) is 0 Å². The lowest BCUT2D eigenvalue weighted by molar-refractivity contribution is -0.133. The Kier molecular flexibility index (Phi) is 6.47. The molecule has 0 N–H and O–H groups in total. The molecule has 42 heavy (non-hydrogen) atoms. The SMILES string of the molecule is CN1C(=O)C(=Cc2ccc3cc4cc5cc(C=C6C(=O)N(C)C(=S)N(C)C6=O)ccc5cc4cc3c2)C(=O)N(C)C1=S. The van der Waals surface area contributed by atoms with Crippen LogP contribution < -0.4 is 0 Å². The van der Waals surface area contributed by atoms with Gasteiger partial charge in [0.25, 0.3) is 23.6 Å². The fraction of sp³-hybridized carbons (Fsp3) is 0.125. The standard InChI is InChI=1S/C32H24N4O4S2/c1-33-27(37)25(28(38)34(2)31(33)41)11-17-5-7-19-13-24-16-22-10-18(6-8-20(22)14-23(24)15-21(19)9-17)12-26-29(39)35(3)32(42)36(4)30(26)40/h5-16H,1-4H3. The number of amides is 4. The van der Waals surface area contributed by atoms with Crippen LogP contribution in [0.1, 0.15) is 11.1 Å². The van der Waals surface area contributed by atoms with Crippen molar-refractivity contribution < 1.29 is 19.2 Å². The number of likely N-dealkylation sites (N-methyl/N-ethyl adjacent to an activating group) is 4. The van der Waals surface area contributed by atoms with Crippen molar-refractivity contribution in [1.82, 2.24) is 19.6 Å². The number of hydrogen-bond donors (Lipinski definition) is 0. The predicted octanol–water partition coefficient (Wildman–Crippen LogP) is 4.34. The van der Waals surface area contributed by atoms with E-state index in [0.29, 0.717) is 0 Å². The molecule has 0 bridgehead atoms. The summed E-state index contributed by atoms with van der Waals surface area (Å²) < 4.78 is 0. The Labute approximate surface area is 252 Å². The minimum absolute atomic E-state index is 0.0585. The fourth-order valence-electron chi connectivity index (χ4n) is 5.25. The van der Waals surface area contributed by atoms with Gasteiger partial charge in [0.15, 0.2) is 10.2 Å². The van der Waals surface area contributed by atoms with Crippen LogP contribution in [0.4, 0.5) is 0 Å². The molecule has 2 heterocycles. The van der Waals surface area contributed by atoms with E-state index >= 15 is 0 Å². The van der Waals surface area contributed by atoms with Gasteiger partial charge in [0.05, 0.1) is 0 Å². The van der Waals surface area contributed by atoms with E-state index in [4.69, 9.17) is 24.4 Å². The van der Waals surface area contributed by atoms with E-state index in [9.17, 15) is 19.2 Å². The molecule has 0 unspecified atom stereocenters. The van der Waals surface area contributed by atoms with Crippen molar-refractivity contribution in [2.45, 2.75) is 0 Å². The summed E-state index contributed by atoms with van der Waals surface area (Å²) in [5.41, 5.74) is 1.58. The maximum absolute atomic E-state index is 12.7. The van der Waals surface area contributed by atoms with Crippen molar-refractivity contribution >= 4 is 103 Å². The second-order valence-electron chi connectivity index (χ2n) is 10.4. The monoisotopic (exact) mass is 592 g/mol. The van der Waals surface area contributed by atoms with E-state index in [1.165, 1.54) is 19.6 Å². The van der Waals surface area contributed by atoms with Gasteiger partial charge >= 0.3 is 0 Å². The highest BCUT2D eigenvalue weighted by molar-refractivity contribution is 7.80. The highest BCUT2D eigenvalue weighted by Gasteiger charge is 2.36. The Hall–Kier alpha value is -4.80. The average Bonchev–Trinajstić information content (AvgIpc) is 2.99. The molecule has 0 atom stereocenters. The molecule has 4 aromatic carbocycles. The smallest absolute Gasteiger partial charge is 0.265 e. The van der Waals surface area contributed by atoms with Crippen LogP contribution in [-0.2, 0) is 19.2 Å². The Balaban J connectivity index is 1.38. The van der Waals surface area contributed by atoms with Crippen LogP contribution >= 0.6 is 24.4 Å². The molecular formula is C32H24N4O4S2. The molecule has 2 fully saturated rings. The molecule has 6 rings (SSSR count). The lowest BCUT2D eigenvalue weighted by Crippen LogP contribution is -2.52. The minimum Gasteiger partial charge on any atom is -0.288 e. The molecular weight excluding hydrogens is 569 g/mol. The summed E-state index contributed by atoms with van der Waals surface area (Å²) in [5, 5.41) is 6.31. The first-order valence-corrected chi connectivity index (χ1v) is 13.8. The number of thiocarbonyl (C=S) groups is 2. The normalized spacial score (nSPS) is 16.6. The number of rotatable bonds is 2. The maximum atomic E-state index is 12.7. The molecule has 2 saturated heterocycles. The summed E-state index contributed by atoms with van der Waals surface area (Å²) in [6, 6.07) is 19.9. The first kappa shape index (κ1) is 27.4. The molecule has 0 aromatic heterocycles. The second-order valence-corrected chi connectivity index (χ2v) is 11.1. The van der Waals surface area contributed by atoms with Gasteiger partial charge in [0.1, 0.15) is 11.1 Å². The molecule has 208 valence electrons. The minimum atomic E-state index is -0.428. The van der Waals surface area contributed by atoms with Crippen LogP contribution in [0.15, 0.2) is 71.8 Å². The molecule has 0 saturated carbocycles. The van der Waals surface area contributed by atoms with Gasteiger partial charge in [0, 0.05) is 28.2 Å². The molecule has 0 aliphatic carbocycles. The van der Waals surface area contributed by atoms with Gasteiger partial charge in [-0.25, -0.2) is 0 Å². The van der Waals surface area contributed by atoms with Gasteiger partial charge < -0.3 is 0 Å². The predicted molar refractivity (Wildman–Crippen MR) is 171 cm³/mol. The van der Waals surface area contributed by atoms with Crippen molar-refractivity contribution in [3.8, 4) is 0 Å². The van der Waals surface area contributed by atoms with Crippen LogP contribution in [-0.4, -0.2) is 81.6 Å². The van der Waals surface area contributed by atoms with Crippen molar-refractivity contribution in [1.29, 1.82) is 0 Å². The van der Waals surface area contributed by atoms with Gasteiger partial charge in [-0.2, -0.15) is 0 Å². The van der Waals surface area contributed by atoms with Crippen LogP contribution in [0.5, 0.6) is 0 Å². The summed E-state index contributed by atoms with van der Waals surface area (Å²) in [6.07, 6.45) is 3.20. The molecule has 2 aliphatic heterocycles. The van der Waals surface area contributed by atoms with Crippen LogP contribution in [0.2, 0.25) is 0 Å². The van der Waals surface area contributed by atoms with Gasteiger partial charge in [-0.15, -0.1) is 0 Å². The van der Waals surface area contributed by atoms with E-state index in [0.717, 1.165) is 43.4 Å². The van der Waals surface area contributed by atoms with E-state index < -0.39 is 23.6 Å². The molecule has 10 heteroatoms. The largest absolute Gasteiger partial charge is 0.288 e. The van der Waals surface area contributed by atoms with E-state index in [2.05, 4.69) is 24.3 Å². The molecule has 8 nitrogen and oxygen atoms in total. The summed E-state index contributed by atoms with van der Waals surface area (Å²) >= 11 is 10.4. The van der Waals surface area contributed by atoms with Crippen molar-refractivity contribution in [2.75, 3.05) is 28.2 Å². The Morgan fingerprint density at radius 3 is 1.07 bits per heavy atom. The third-order valence-electron chi connectivity index (χ3n) is 7.71. The Bertz CT molecular complexity index is 1830. The van der Waals surface area contributed by atoms with E-state index in [1.54, 1.807) is 40.3 Å². The lowest BCUT2D eigenvalue weighted by atomic mass is 9.96. The van der Waals surface area contributed by atoms with Crippen LogP contribution in [0.3, 0.4) is 0 Å². The molecule has 0 radical (unpaired) electrons. The summed E-state index contributed by atoms with van der Waals surface area (Å²) in [4.78, 5) is 56.2. The zero-order valence-electron chi connectivity index (χ0n) is 23.2. The molecule has 0 spiro atoms. The lowest BCUT2D eigenvalue weighted by Gasteiger charge is -2.31.